The highest BCUT2D eigenvalue weighted by Gasteiger charge is 2.20. The number of fused-ring (bicyclic) bond motifs is 2. The summed E-state index contributed by atoms with van der Waals surface area (Å²) in [6.07, 6.45) is 12.7. The van der Waals surface area contributed by atoms with E-state index in [-0.39, 0.29) is 5.91 Å². The van der Waals surface area contributed by atoms with Crippen LogP contribution in [-0.4, -0.2) is 60.7 Å². The topological polar surface area (TPSA) is 105 Å². The van der Waals surface area contributed by atoms with Gasteiger partial charge >= 0.3 is 0 Å². The smallest absolute Gasteiger partial charge is 0.260 e. The van der Waals surface area contributed by atoms with Crippen molar-refractivity contribution in [1.82, 2.24) is 34.6 Å². The second-order valence-electron chi connectivity index (χ2n) is 8.82. The van der Waals surface area contributed by atoms with E-state index in [1.54, 1.807) is 18.6 Å². The van der Waals surface area contributed by atoms with Crippen molar-refractivity contribution in [3.05, 3.63) is 67.0 Å². The maximum atomic E-state index is 12.8. The number of nitrogens with zero attached hydrogens (tertiary/aromatic N) is 6. The monoisotopic (exact) mass is 452 g/mol. The van der Waals surface area contributed by atoms with Gasteiger partial charge in [-0.2, -0.15) is 5.10 Å². The van der Waals surface area contributed by atoms with E-state index in [2.05, 4.69) is 42.3 Å². The molecule has 1 fully saturated rings. The number of carbonyl (C=O) groups is 1. The SMILES string of the molecule is CN1CCC(n2cc(C(=O)Nc3cc4cc(-c5cnc6cc[nH]c6c5)ncc4cn3)cn2)CC1. The number of pyridine rings is 3. The number of H-pyrrole nitrogens is 1. The van der Waals surface area contributed by atoms with Gasteiger partial charge < -0.3 is 15.2 Å². The Balaban J connectivity index is 1.22. The Bertz CT molecular complexity index is 1500. The lowest BCUT2D eigenvalue weighted by Gasteiger charge is -2.28. The van der Waals surface area contributed by atoms with Crippen LogP contribution in [0.2, 0.25) is 0 Å². The predicted octanol–water partition coefficient (Wildman–Crippen LogP) is 3.89. The Morgan fingerprint density at radius 2 is 1.88 bits per heavy atom. The normalized spacial score (nSPS) is 15.2. The van der Waals surface area contributed by atoms with Gasteiger partial charge in [0.25, 0.3) is 5.91 Å². The van der Waals surface area contributed by atoms with Crippen LogP contribution in [0.15, 0.2) is 61.4 Å². The van der Waals surface area contributed by atoms with Crippen LogP contribution in [-0.2, 0) is 0 Å². The van der Waals surface area contributed by atoms with Crippen LogP contribution in [0.3, 0.4) is 0 Å². The fourth-order valence-corrected chi connectivity index (χ4v) is 4.44. The van der Waals surface area contributed by atoms with Gasteiger partial charge in [-0.05, 0) is 62.6 Å². The fraction of sp³-hybridized carbons (Fsp3) is 0.240. The first-order valence-electron chi connectivity index (χ1n) is 11.4. The maximum Gasteiger partial charge on any atom is 0.260 e. The third-order valence-corrected chi connectivity index (χ3v) is 6.47. The lowest BCUT2D eigenvalue weighted by Crippen LogP contribution is -2.31. The van der Waals surface area contributed by atoms with Crippen LogP contribution in [0.25, 0.3) is 33.1 Å². The summed E-state index contributed by atoms with van der Waals surface area (Å²) in [5.41, 5.74) is 4.13. The number of hydrogen-bond donors (Lipinski definition) is 2. The van der Waals surface area contributed by atoms with Crippen molar-refractivity contribution < 1.29 is 4.79 Å². The Hall–Kier alpha value is -4.11. The van der Waals surface area contributed by atoms with Gasteiger partial charge in [-0.1, -0.05) is 0 Å². The van der Waals surface area contributed by atoms with Crippen molar-refractivity contribution in [2.45, 2.75) is 18.9 Å². The quantitative estimate of drug-likeness (QED) is 0.429. The van der Waals surface area contributed by atoms with E-state index in [0.29, 0.717) is 17.4 Å². The molecule has 6 heterocycles. The molecule has 170 valence electrons. The van der Waals surface area contributed by atoms with Crippen molar-refractivity contribution in [2.75, 3.05) is 25.5 Å². The predicted molar refractivity (Wildman–Crippen MR) is 131 cm³/mol. The zero-order valence-electron chi connectivity index (χ0n) is 18.8. The molecule has 0 aliphatic carbocycles. The standard InChI is InChI=1S/C25H24N8O/c1-32-6-3-20(4-7-32)33-15-19(14-30-33)25(34)31-24-10-16-8-22(28-12-18(16)13-29-24)17-9-23-21(27-11-17)2-5-26-23/h2,5,8-15,20,26H,3-4,6-7H2,1H3,(H,29,31,34). The third kappa shape index (κ3) is 3.90. The van der Waals surface area contributed by atoms with E-state index >= 15 is 0 Å². The summed E-state index contributed by atoms with van der Waals surface area (Å²) in [6, 6.07) is 8.15. The number of aromatic amines is 1. The largest absolute Gasteiger partial charge is 0.360 e. The second-order valence-corrected chi connectivity index (χ2v) is 8.82. The Morgan fingerprint density at radius 3 is 2.76 bits per heavy atom. The average molecular weight is 453 g/mol. The molecule has 0 saturated carbocycles. The van der Waals surface area contributed by atoms with Crippen molar-refractivity contribution in [3.8, 4) is 11.3 Å². The third-order valence-electron chi connectivity index (χ3n) is 6.47. The lowest BCUT2D eigenvalue weighted by atomic mass is 10.1. The molecule has 0 radical (unpaired) electrons. The lowest BCUT2D eigenvalue weighted by molar-refractivity contribution is 0.102. The number of carbonyl (C=O) groups excluding carboxylic acids is 1. The zero-order chi connectivity index (χ0) is 23.1. The first-order chi connectivity index (χ1) is 16.6. The zero-order valence-corrected chi connectivity index (χ0v) is 18.8. The van der Waals surface area contributed by atoms with Gasteiger partial charge in [0.05, 0.1) is 34.5 Å². The Kier molecular flexibility index (Phi) is 5.03. The van der Waals surface area contributed by atoms with Crippen molar-refractivity contribution in [2.24, 2.45) is 0 Å². The number of hydrogen-bond acceptors (Lipinski definition) is 6. The molecule has 1 amide bonds. The first-order valence-corrected chi connectivity index (χ1v) is 11.4. The average Bonchev–Trinajstić information content (AvgIpc) is 3.54. The van der Waals surface area contributed by atoms with Gasteiger partial charge in [-0.15, -0.1) is 0 Å². The Labute approximate surface area is 195 Å². The van der Waals surface area contributed by atoms with E-state index in [4.69, 9.17) is 0 Å². The molecule has 1 aliphatic rings. The van der Waals surface area contributed by atoms with E-state index < -0.39 is 0 Å². The molecule has 5 aromatic rings. The molecule has 0 unspecified atom stereocenters. The number of likely N-dealkylation sites (tertiary alicyclic amines) is 1. The van der Waals surface area contributed by atoms with Crippen molar-refractivity contribution >= 4 is 33.5 Å². The van der Waals surface area contributed by atoms with Crippen LogP contribution in [0, 0.1) is 0 Å². The fourth-order valence-electron chi connectivity index (χ4n) is 4.44. The molecular weight excluding hydrogens is 428 g/mol. The van der Waals surface area contributed by atoms with E-state index in [0.717, 1.165) is 59.0 Å². The number of anilines is 1. The van der Waals surface area contributed by atoms with Crippen LogP contribution >= 0.6 is 0 Å². The van der Waals surface area contributed by atoms with Crippen LogP contribution < -0.4 is 5.32 Å². The molecule has 0 spiro atoms. The molecular formula is C25H24N8O. The molecule has 5 aromatic heterocycles. The summed E-state index contributed by atoms with van der Waals surface area (Å²) in [5.74, 6) is 0.265. The highest BCUT2D eigenvalue weighted by molar-refractivity contribution is 6.04. The molecule has 9 heteroatoms. The number of piperidine rings is 1. The van der Waals surface area contributed by atoms with Gasteiger partial charge in [0.15, 0.2) is 0 Å². The van der Waals surface area contributed by atoms with Gasteiger partial charge in [0.1, 0.15) is 5.82 Å². The summed E-state index contributed by atoms with van der Waals surface area (Å²) in [6.45, 7) is 2.08. The molecule has 2 N–H and O–H groups in total. The molecule has 9 nitrogen and oxygen atoms in total. The number of nitrogens with one attached hydrogen (secondary N) is 2. The summed E-state index contributed by atoms with van der Waals surface area (Å²) in [5, 5.41) is 9.17. The van der Waals surface area contributed by atoms with Crippen LogP contribution in [0.4, 0.5) is 5.82 Å². The molecule has 1 aliphatic heterocycles. The van der Waals surface area contributed by atoms with Gasteiger partial charge in [0, 0.05) is 41.9 Å². The molecule has 0 atom stereocenters. The molecule has 0 aromatic carbocycles. The second kappa shape index (κ2) is 8.35. The van der Waals surface area contributed by atoms with Gasteiger partial charge in [0.2, 0.25) is 0 Å². The van der Waals surface area contributed by atoms with Crippen LogP contribution in [0.1, 0.15) is 29.2 Å². The number of aromatic nitrogens is 6. The molecule has 0 bridgehead atoms. The van der Waals surface area contributed by atoms with Crippen LogP contribution in [0.5, 0.6) is 0 Å². The molecule has 6 rings (SSSR count). The van der Waals surface area contributed by atoms with E-state index in [1.807, 2.05) is 47.5 Å². The highest BCUT2D eigenvalue weighted by atomic mass is 16.1. The maximum absolute atomic E-state index is 12.8. The summed E-state index contributed by atoms with van der Waals surface area (Å²) < 4.78 is 1.92. The summed E-state index contributed by atoms with van der Waals surface area (Å²) in [4.78, 5) is 31.8. The molecule has 1 saturated heterocycles. The molecule has 34 heavy (non-hydrogen) atoms. The minimum Gasteiger partial charge on any atom is -0.360 e. The number of rotatable bonds is 4. The number of amides is 1. The summed E-state index contributed by atoms with van der Waals surface area (Å²) in [7, 11) is 2.13. The van der Waals surface area contributed by atoms with Gasteiger partial charge in [-0.3, -0.25) is 19.4 Å². The summed E-state index contributed by atoms with van der Waals surface area (Å²) >= 11 is 0. The highest BCUT2D eigenvalue weighted by Crippen LogP contribution is 2.25. The first kappa shape index (κ1) is 20.5. The minimum atomic E-state index is -0.221. The van der Waals surface area contributed by atoms with Crippen molar-refractivity contribution in [1.29, 1.82) is 0 Å². The van der Waals surface area contributed by atoms with E-state index in [1.165, 1.54) is 0 Å². The van der Waals surface area contributed by atoms with Crippen molar-refractivity contribution in [3.63, 3.8) is 0 Å². The minimum absolute atomic E-state index is 0.221. The Morgan fingerprint density at radius 1 is 1.03 bits per heavy atom. The van der Waals surface area contributed by atoms with Gasteiger partial charge in [-0.25, -0.2) is 4.98 Å². The van der Waals surface area contributed by atoms with E-state index in [9.17, 15) is 4.79 Å².